The second-order valence-corrected chi connectivity index (χ2v) is 4.20. The predicted octanol–water partition coefficient (Wildman–Crippen LogP) is 0.646. The fraction of sp³-hybridized carbons (Fsp3) is 0.417. The molecular weight excluding hydrogens is 256 g/mol. The molecule has 2 atom stereocenters. The van der Waals surface area contributed by atoms with Crippen LogP contribution in [0.5, 0.6) is 5.75 Å². The molecule has 0 heterocycles. The molecule has 0 aliphatic rings. The maximum absolute atomic E-state index is 10.7. The van der Waals surface area contributed by atoms with Crippen LogP contribution in [0.4, 0.5) is 0 Å². The van der Waals surface area contributed by atoms with Crippen molar-refractivity contribution in [1.82, 2.24) is 0 Å². The summed E-state index contributed by atoms with van der Waals surface area (Å²) in [7, 11) is 1.44. The molecule has 0 aliphatic heterocycles. The molecule has 3 N–H and O–H groups in total. The van der Waals surface area contributed by atoms with Gasteiger partial charge in [-0.1, -0.05) is 6.07 Å². The largest absolute Gasteiger partial charge is 0.496 e. The number of benzene rings is 1. The summed E-state index contributed by atoms with van der Waals surface area (Å²) in [6, 6.07) is 4.67. The van der Waals surface area contributed by atoms with Crippen LogP contribution in [0.15, 0.2) is 18.2 Å². The van der Waals surface area contributed by atoms with Crippen molar-refractivity contribution in [3.8, 4) is 5.75 Å². The lowest BCUT2D eigenvalue weighted by Gasteiger charge is -2.17. The minimum Gasteiger partial charge on any atom is -0.496 e. The van der Waals surface area contributed by atoms with Crippen LogP contribution in [0, 0.1) is 0 Å². The van der Waals surface area contributed by atoms with E-state index in [-0.39, 0.29) is 12.2 Å². The molecule has 0 amide bonds. The predicted molar refractivity (Wildman–Crippen MR) is 69.2 cm³/mol. The fourth-order valence-corrected chi connectivity index (χ4v) is 1.81. The van der Waals surface area contributed by atoms with Crippen LogP contribution in [-0.2, 0) is 11.2 Å². The summed E-state index contributed by atoms with van der Waals surface area (Å²) in [5.74, 6) is -0.440. The second kappa shape index (κ2) is 6.63. The topological polar surface area (TPSA) is 87.0 Å². The highest BCUT2D eigenvalue weighted by Gasteiger charge is 2.19. The molecule has 1 aromatic rings. The van der Waals surface area contributed by atoms with Crippen LogP contribution in [0.1, 0.15) is 17.2 Å². The van der Waals surface area contributed by atoms with Gasteiger partial charge in [0.2, 0.25) is 0 Å². The summed E-state index contributed by atoms with van der Waals surface area (Å²) < 4.78 is 5.05. The number of hydrogen-bond acceptors (Lipinski definition) is 5. The molecule has 0 aliphatic carbocycles. The smallest absolute Gasteiger partial charge is 0.307 e. The molecule has 0 radical (unpaired) electrons. The number of aliphatic hydroxyl groups excluding tert-OH is 2. The molecule has 2 unspecified atom stereocenters. The summed E-state index contributed by atoms with van der Waals surface area (Å²) in [5.41, 5.74) is 0.890. The maximum atomic E-state index is 10.7. The van der Waals surface area contributed by atoms with Crippen LogP contribution >= 0.6 is 12.6 Å². The highest BCUT2D eigenvalue weighted by molar-refractivity contribution is 7.80. The zero-order chi connectivity index (χ0) is 13.7. The Balaban J connectivity index is 3.05. The van der Waals surface area contributed by atoms with Gasteiger partial charge in [-0.25, -0.2) is 0 Å². The molecule has 0 saturated carbocycles. The van der Waals surface area contributed by atoms with Crippen molar-refractivity contribution in [2.45, 2.75) is 18.6 Å². The van der Waals surface area contributed by atoms with Gasteiger partial charge in [0.25, 0.3) is 0 Å². The number of carboxylic acid groups (broad SMARTS) is 1. The van der Waals surface area contributed by atoms with E-state index < -0.39 is 18.2 Å². The Kier molecular flexibility index (Phi) is 5.46. The standard InChI is InChI=1S/C12H16O5S/c1-17-10-3-2-7(12(16)9(13)6-18)4-8(10)5-11(14)15/h2-4,9,12-13,16,18H,5-6H2,1H3,(H,14,15). The van der Waals surface area contributed by atoms with Gasteiger partial charge in [0.15, 0.2) is 0 Å². The number of methoxy groups -OCH3 is 1. The first kappa shape index (κ1) is 14.8. The van der Waals surface area contributed by atoms with Gasteiger partial charge < -0.3 is 20.1 Å². The van der Waals surface area contributed by atoms with Crippen LogP contribution in [-0.4, -0.2) is 40.3 Å². The quantitative estimate of drug-likeness (QED) is 0.571. The van der Waals surface area contributed by atoms with Crippen molar-refractivity contribution in [3.63, 3.8) is 0 Å². The third-order valence-electron chi connectivity index (χ3n) is 2.54. The van der Waals surface area contributed by atoms with Crippen LogP contribution < -0.4 is 4.74 Å². The first-order valence-corrected chi connectivity index (χ1v) is 5.98. The van der Waals surface area contributed by atoms with E-state index >= 15 is 0 Å². The SMILES string of the molecule is COc1ccc(C(O)C(O)CS)cc1CC(=O)O. The minimum atomic E-state index is -1.10. The molecule has 0 bridgehead atoms. The van der Waals surface area contributed by atoms with E-state index in [9.17, 15) is 15.0 Å². The van der Waals surface area contributed by atoms with E-state index in [0.717, 1.165) is 0 Å². The number of thiol groups is 1. The summed E-state index contributed by atoms with van der Waals surface area (Å²) in [4.78, 5) is 10.7. The summed E-state index contributed by atoms with van der Waals surface area (Å²) in [5, 5.41) is 28.1. The molecular formula is C12H16O5S. The average molecular weight is 272 g/mol. The number of ether oxygens (including phenoxy) is 1. The summed E-state index contributed by atoms with van der Waals surface area (Å²) >= 11 is 3.90. The fourth-order valence-electron chi connectivity index (χ4n) is 1.61. The molecule has 0 aromatic heterocycles. The Labute approximate surface area is 110 Å². The molecule has 0 fully saturated rings. The van der Waals surface area contributed by atoms with Gasteiger partial charge in [-0.15, -0.1) is 0 Å². The molecule has 100 valence electrons. The van der Waals surface area contributed by atoms with Gasteiger partial charge in [-0.3, -0.25) is 4.79 Å². The zero-order valence-electron chi connectivity index (χ0n) is 9.91. The van der Waals surface area contributed by atoms with Crippen molar-refractivity contribution in [1.29, 1.82) is 0 Å². The Morgan fingerprint density at radius 3 is 2.61 bits per heavy atom. The molecule has 0 spiro atoms. The normalized spacial score (nSPS) is 14.0. The lowest BCUT2D eigenvalue weighted by atomic mass is 10.0. The monoisotopic (exact) mass is 272 g/mol. The Morgan fingerprint density at radius 1 is 1.44 bits per heavy atom. The number of aliphatic carboxylic acids is 1. The van der Waals surface area contributed by atoms with Crippen LogP contribution in [0.25, 0.3) is 0 Å². The lowest BCUT2D eigenvalue weighted by Crippen LogP contribution is -2.20. The number of carboxylic acids is 1. The number of rotatable bonds is 6. The molecule has 0 saturated heterocycles. The third-order valence-corrected chi connectivity index (χ3v) is 2.91. The molecule has 1 aromatic carbocycles. The van der Waals surface area contributed by atoms with Gasteiger partial charge in [0, 0.05) is 11.3 Å². The van der Waals surface area contributed by atoms with Crippen LogP contribution in [0.2, 0.25) is 0 Å². The first-order valence-electron chi connectivity index (χ1n) is 5.35. The highest BCUT2D eigenvalue weighted by Crippen LogP contribution is 2.25. The lowest BCUT2D eigenvalue weighted by molar-refractivity contribution is -0.136. The summed E-state index contributed by atoms with van der Waals surface area (Å²) in [6.07, 6.45) is -2.30. The van der Waals surface area contributed by atoms with Gasteiger partial charge in [0.1, 0.15) is 11.9 Å². The second-order valence-electron chi connectivity index (χ2n) is 3.84. The minimum absolute atomic E-state index is 0.113. The third kappa shape index (κ3) is 3.63. The van der Waals surface area contributed by atoms with Gasteiger partial charge in [0.05, 0.1) is 19.6 Å². The van der Waals surface area contributed by atoms with E-state index in [4.69, 9.17) is 9.84 Å². The Hall–Kier alpha value is -1.24. The Bertz CT molecular complexity index is 421. The van der Waals surface area contributed by atoms with E-state index in [2.05, 4.69) is 12.6 Å². The maximum Gasteiger partial charge on any atom is 0.307 e. The molecule has 5 nitrogen and oxygen atoms in total. The van der Waals surface area contributed by atoms with Crippen molar-refractivity contribution in [2.75, 3.05) is 12.9 Å². The van der Waals surface area contributed by atoms with Crippen molar-refractivity contribution in [3.05, 3.63) is 29.3 Å². The van der Waals surface area contributed by atoms with Crippen molar-refractivity contribution in [2.24, 2.45) is 0 Å². The number of hydrogen-bond donors (Lipinski definition) is 4. The van der Waals surface area contributed by atoms with Crippen LogP contribution in [0.3, 0.4) is 0 Å². The zero-order valence-corrected chi connectivity index (χ0v) is 10.8. The van der Waals surface area contributed by atoms with Gasteiger partial charge in [-0.2, -0.15) is 12.6 Å². The Morgan fingerprint density at radius 2 is 2.11 bits per heavy atom. The van der Waals surface area contributed by atoms with Crippen molar-refractivity contribution >= 4 is 18.6 Å². The van der Waals surface area contributed by atoms with E-state index in [1.807, 2.05) is 0 Å². The molecule has 18 heavy (non-hydrogen) atoms. The number of carbonyl (C=O) groups is 1. The van der Waals surface area contributed by atoms with Crippen molar-refractivity contribution < 1.29 is 24.9 Å². The van der Waals surface area contributed by atoms with Gasteiger partial charge in [-0.05, 0) is 17.7 Å². The number of aliphatic hydroxyl groups is 2. The molecule has 6 heteroatoms. The highest BCUT2D eigenvalue weighted by atomic mass is 32.1. The first-order chi connectivity index (χ1) is 8.49. The van der Waals surface area contributed by atoms with E-state index in [1.54, 1.807) is 12.1 Å². The van der Waals surface area contributed by atoms with E-state index in [0.29, 0.717) is 16.9 Å². The van der Waals surface area contributed by atoms with E-state index in [1.165, 1.54) is 13.2 Å². The summed E-state index contributed by atoms with van der Waals surface area (Å²) in [6.45, 7) is 0. The molecule has 1 rings (SSSR count). The average Bonchev–Trinajstić information content (AvgIpc) is 2.36. The van der Waals surface area contributed by atoms with Gasteiger partial charge >= 0.3 is 5.97 Å².